The zero-order chi connectivity index (χ0) is 9.64. The topological polar surface area (TPSA) is 0 Å². The summed E-state index contributed by atoms with van der Waals surface area (Å²) in [6.45, 7) is 9.44. The number of hydrogen-bond acceptors (Lipinski definition) is 0. The van der Waals surface area contributed by atoms with Crippen molar-refractivity contribution in [1.82, 2.24) is 0 Å². The van der Waals surface area contributed by atoms with Gasteiger partial charge in [-0.1, -0.05) is 0 Å². The molecule has 0 N–H and O–H groups in total. The summed E-state index contributed by atoms with van der Waals surface area (Å²) in [5.74, 6) is 0. The van der Waals surface area contributed by atoms with Crippen molar-refractivity contribution in [2.24, 2.45) is 0 Å². The van der Waals surface area contributed by atoms with Gasteiger partial charge in [0.2, 0.25) is 0 Å². The van der Waals surface area contributed by atoms with Gasteiger partial charge in [0.25, 0.3) is 0 Å². The van der Waals surface area contributed by atoms with E-state index >= 15 is 0 Å². The van der Waals surface area contributed by atoms with Gasteiger partial charge in [-0.15, -0.1) is 0 Å². The van der Waals surface area contributed by atoms with Gasteiger partial charge in [-0.2, -0.15) is 0 Å². The van der Waals surface area contributed by atoms with E-state index in [1.165, 1.54) is 0 Å². The zero-order valence-corrected chi connectivity index (χ0v) is 13.1. The van der Waals surface area contributed by atoms with Gasteiger partial charge in [-0.05, 0) is 0 Å². The van der Waals surface area contributed by atoms with E-state index in [4.69, 9.17) is 0 Å². The van der Waals surface area contributed by atoms with Gasteiger partial charge in [0, 0.05) is 0 Å². The van der Waals surface area contributed by atoms with E-state index in [9.17, 15) is 0 Å². The first-order valence-electron chi connectivity index (χ1n) is 4.47. The Morgan fingerprint density at radius 3 is 2.46 bits per heavy atom. The molecule has 0 spiro atoms. The summed E-state index contributed by atoms with van der Waals surface area (Å²) in [6.07, 6.45) is 0. The van der Waals surface area contributed by atoms with Crippen LogP contribution in [0.25, 0.3) is 6.80 Å². The number of rotatable bonds is 0. The Kier molecular flexibility index (Phi) is 2.72. The van der Waals surface area contributed by atoms with Crippen LogP contribution in [0.4, 0.5) is 0 Å². The van der Waals surface area contributed by atoms with Gasteiger partial charge in [-0.3, -0.25) is 0 Å². The Bertz CT molecular complexity index is 426. The predicted molar refractivity (Wildman–Crippen MR) is 61.3 cm³/mol. The molecule has 2 aromatic rings. The van der Waals surface area contributed by atoms with Crippen LogP contribution < -0.4 is 0 Å². The van der Waals surface area contributed by atoms with Crippen LogP contribution in [0.15, 0.2) is 10.1 Å². The molecule has 0 saturated heterocycles. The fourth-order valence-corrected chi connectivity index (χ4v) is 10.4. The van der Waals surface area contributed by atoms with Gasteiger partial charge in [-0.25, -0.2) is 0 Å². The van der Waals surface area contributed by atoms with Crippen molar-refractivity contribution in [1.29, 1.82) is 0 Å². The molecular formula is C11H14Te2. The molecule has 0 fully saturated rings. The van der Waals surface area contributed by atoms with Crippen molar-refractivity contribution in [3.8, 4) is 0 Å². The summed E-state index contributed by atoms with van der Waals surface area (Å²) in [4.78, 5) is 0. The van der Waals surface area contributed by atoms with Crippen molar-refractivity contribution in [3.05, 3.63) is 19.3 Å². The summed E-state index contributed by atoms with van der Waals surface area (Å²) in [5, 5.41) is 0. The molecule has 0 amide bonds. The van der Waals surface area contributed by atoms with Crippen LogP contribution in [0.2, 0.25) is 0 Å². The number of fused-ring (bicyclic) bond motifs is 1. The van der Waals surface area contributed by atoms with Gasteiger partial charge in [0.05, 0.1) is 0 Å². The van der Waals surface area contributed by atoms with Crippen LogP contribution in [0.3, 0.4) is 0 Å². The molecule has 0 saturated carbocycles. The average molecular weight is 401 g/mol. The molecule has 0 aliphatic heterocycles. The minimum atomic E-state index is 0.0220. The zero-order valence-electron chi connectivity index (χ0n) is 8.47. The molecule has 0 nitrogen and oxygen atoms in total. The van der Waals surface area contributed by atoms with Crippen LogP contribution in [0.1, 0.15) is 29.9 Å². The minimum absolute atomic E-state index is 0.0220. The maximum atomic E-state index is 2.45. The van der Waals surface area contributed by atoms with Crippen LogP contribution in [-0.2, 0) is 5.41 Å². The fraction of sp³-hybridized carbons (Fsp3) is 0.455. The molecule has 0 radical (unpaired) electrons. The van der Waals surface area contributed by atoms with E-state index in [-0.39, 0.29) is 40.9 Å². The van der Waals surface area contributed by atoms with E-state index < -0.39 is 0 Å². The van der Waals surface area contributed by atoms with Crippen molar-refractivity contribution in [3.63, 3.8) is 0 Å². The third kappa shape index (κ3) is 1.80. The first kappa shape index (κ1) is 10.3. The van der Waals surface area contributed by atoms with Gasteiger partial charge in [0.15, 0.2) is 0 Å². The monoisotopic (exact) mass is 406 g/mol. The molecular weight excluding hydrogens is 387 g/mol. The molecule has 2 heteroatoms. The van der Waals surface area contributed by atoms with Crippen molar-refractivity contribution < 1.29 is 0 Å². The quantitative estimate of drug-likeness (QED) is 0.596. The molecule has 2 aromatic heterocycles. The van der Waals surface area contributed by atoms with Crippen molar-refractivity contribution in [2.75, 3.05) is 0 Å². The summed E-state index contributed by atoms with van der Waals surface area (Å²) in [7, 11) is 0. The summed E-state index contributed by atoms with van der Waals surface area (Å²) in [5.41, 5.74) is 2.11. The second kappa shape index (κ2) is 3.43. The van der Waals surface area contributed by atoms with Crippen LogP contribution >= 0.6 is 0 Å². The first-order valence-corrected chi connectivity index (χ1v) is 9.31. The van der Waals surface area contributed by atoms with E-state index in [2.05, 4.69) is 37.8 Å². The Balaban J connectivity index is 2.71. The van der Waals surface area contributed by atoms with Crippen molar-refractivity contribution >= 4 is 47.7 Å². The van der Waals surface area contributed by atoms with E-state index in [1.807, 2.05) is 0 Å². The van der Waals surface area contributed by atoms with Crippen LogP contribution in [0, 0.1) is 6.92 Å². The molecule has 0 atom stereocenters. The first-order chi connectivity index (χ1) is 6.00. The average Bonchev–Trinajstić information content (AvgIpc) is 2.51. The molecule has 2 heterocycles. The molecule has 0 aromatic carbocycles. The standard InChI is InChI=1S/C11H14Te2/c1-7-9-8(5-6-12-9)13-10(7)11(2,3)4/h5-6H,1-4H3. The Hall–Kier alpha value is 0.799. The van der Waals surface area contributed by atoms with E-state index in [1.54, 1.807) is 15.9 Å². The van der Waals surface area contributed by atoms with Crippen molar-refractivity contribution in [2.45, 2.75) is 33.1 Å². The summed E-state index contributed by atoms with van der Waals surface area (Å²) in [6, 6.07) is 2.42. The number of hydrogen-bond donors (Lipinski definition) is 0. The van der Waals surface area contributed by atoms with E-state index in [0.717, 1.165) is 0 Å². The molecule has 2 rings (SSSR count). The van der Waals surface area contributed by atoms with Gasteiger partial charge < -0.3 is 0 Å². The Labute approximate surface area is 99.2 Å². The number of aryl methyl sites for hydroxylation is 1. The summed E-state index contributed by atoms with van der Waals surface area (Å²) < 4.78 is 7.80. The molecule has 0 aliphatic rings. The Morgan fingerprint density at radius 1 is 1.23 bits per heavy atom. The summed E-state index contributed by atoms with van der Waals surface area (Å²) >= 11 is 0.107. The third-order valence-corrected chi connectivity index (χ3v) is 11.2. The Morgan fingerprint density at radius 2 is 1.92 bits per heavy atom. The second-order valence-electron chi connectivity index (χ2n) is 4.42. The molecule has 0 unspecified atom stereocenters. The van der Waals surface area contributed by atoms with Gasteiger partial charge >= 0.3 is 100 Å². The molecule has 70 valence electrons. The van der Waals surface area contributed by atoms with E-state index in [0.29, 0.717) is 5.41 Å². The molecule has 0 bridgehead atoms. The second-order valence-corrected chi connectivity index (χ2v) is 10.0. The SMILES string of the molecule is Cc1c(C(C)(C)C)[te]c2cc[te]c12. The molecule has 0 aliphatic carbocycles. The van der Waals surface area contributed by atoms with Gasteiger partial charge in [0.1, 0.15) is 0 Å². The normalized spacial score (nSPS) is 12.6. The molecule has 13 heavy (non-hydrogen) atoms. The van der Waals surface area contributed by atoms with Crippen LogP contribution in [-0.4, -0.2) is 40.9 Å². The predicted octanol–water partition coefficient (Wildman–Crippen LogP) is 2.56. The third-order valence-electron chi connectivity index (χ3n) is 2.20. The fourth-order valence-electron chi connectivity index (χ4n) is 1.66. The van der Waals surface area contributed by atoms with Crippen LogP contribution in [0.5, 0.6) is 0 Å². The maximum absolute atomic E-state index is 2.45.